The fourth-order valence-electron chi connectivity index (χ4n) is 5.68. The van der Waals surface area contributed by atoms with Crippen LogP contribution in [0.1, 0.15) is 32.6 Å². The van der Waals surface area contributed by atoms with Crippen molar-refractivity contribution in [3.63, 3.8) is 0 Å². The Morgan fingerprint density at radius 3 is 2.69 bits per heavy atom. The van der Waals surface area contributed by atoms with Crippen LogP contribution in [0.25, 0.3) is 21.9 Å². The third-order valence-electron chi connectivity index (χ3n) is 8.44. The summed E-state index contributed by atoms with van der Waals surface area (Å²) in [4.78, 5) is 36.1. The van der Waals surface area contributed by atoms with Crippen LogP contribution in [0.15, 0.2) is 71.8 Å². The first-order chi connectivity index (χ1) is 24.2. The van der Waals surface area contributed by atoms with Crippen molar-refractivity contribution in [3.05, 3.63) is 94.5 Å². The Morgan fingerprint density at radius 1 is 1.20 bits per heavy atom. The number of anilines is 1. The Morgan fingerprint density at radius 2 is 1.94 bits per heavy atom. The van der Waals surface area contributed by atoms with E-state index in [1.54, 1.807) is 44.2 Å². The number of aromatic amines is 1. The predicted octanol–water partition coefficient (Wildman–Crippen LogP) is 3.70. The number of halogens is 2. The first kappa shape index (κ1) is 36.0. The molecule has 3 aromatic carbocycles. The molecule has 15 nitrogen and oxygen atoms in total. The number of esters is 1. The van der Waals surface area contributed by atoms with Gasteiger partial charge in [-0.15, -0.1) is 0 Å². The maximum atomic E-state index is 14.7. The van der Waals surface area contributed by atoms with E-state index in [1.807, 2.05) is 12.1 Å². The van der Waals surface area contributed by atoms with Crippen LogP contribution in [-0.2, 0) is 30.0 Å². The lowest BCUT2D eigenvalue weighted by atomic mass is 9.96. The van der Waals surface area contributed by atoms with E-state index in [9.17, 15) is 33.1 Å². The number of hydrogen-bond acceptors (Lipinski definition) is 12. The lowest BCUT2D eigenvalue weighted by molar-refractivity contribution is -0.148. The molecule has 1 saturated heterocycles. The molecule has 0 radical (unpaired) electrons. The lowest BCUT2D eigenvalue weighted by Crippen LogP contribution is -2.45. The van der Waals surface area contributed by atoms with Gasteiger partial charge in [-0.3, -0.25) is 23.7 Å². The zero-order chi connectivity index (χ0) is 36.7. The number of ether oxygens (including phenoxy) is 2. The number of aromatic nitrogens is 4. The van der Waals surface area contributed by atoms with Crippen LogP contribution in [0.4, 0.5) is 14.7 Å². The fraction of sp³-hybridized carbons (Fsp3) is 0.333. The summed E-state index contributed by atoms with van der Waals surface area (Å²) < 4.78 is 66.7. The molecule has 1 aliphatic heterocycles. The first-order valence-electron chi connectivity index (χ1n) is 15.8. The molecule has 0 saturated carbocycles. The Balaban J connectivity index is 1.27. The highest BCUT2D eigenvalue weighted by atomic mass is 31.2. The smallest absolute Gasteiger partial charge is 0.459 e. The number of imidazole rings is 1. The molecule has 2 unspecified atom stereocenters. The van der Waals surface area contributed by atoms with Crippen LogP contribution >= 0.6 is 7.75 Å². The molecule has 1 fully saturated rings. The molecule has 5 aromatic rings. The topological polar surface area (TPSA) is 213 Å². The van der Waals surface area contributed by atoms with Gasteiger partial charge in [0, 0.05) is 17.0 Å². The highest BCUT2D eigenvalue weighted by molar-refractivity contribution is 7.52. The lowest BCUT2D eigenvalue weighted by Gasteiger charge is -2.28. The molecule has 0 aliphatic carbocycles. The van der Waals surface area contributed by atoms with Crippen molar-refractivity contribution < 1.29 is 46.9 Å². The summed E-state index contributed by atoms with van der Waals surface area (Å²) >= 11 is 0. The number of benzene rings is 3. The minimum atomic E-state index is -4.61. The number of aliphatic hydroxyl groups excluding tert-OH is 1. The SMILES string of the molecule is CC(C)[C@H](NP(=O)(OC[C@H]1OC(n2cnc3c(=O)[nH]c(N)nc32)[C@](C)(O)[C@@H]1O)Oc1cccc2ccccc12)C(=O)OCc1ccc(F)cc1F. The highest BCUT2D eigenvalue weighted by Gasteiger charge is 2.54. The second kappa shape index (κ2) is 14.1. The number of nitrogen functional groups attached to an aromatic ring is 1. The van der Waals surface area contributed by atoms with Crippen LogP contribution in [0.2, 0.25) is 0 Å². The van der Waals surface area contributed by atoms with E-state index in [1.165, 1.54) is 17.8 Å². The molecule has 51 heavy (non-hydrogen) atoms. The van der Waals surface area contributed by atoms with Crippen LogP contribution in [0.5, 0.6) is 5.75 Å². The molecular formula is C33H35F2N6O9P. The average Bonchev–Trinajstić information content (AvgIpc) is 3.59. The van der Waals surface area contributed by atoms with Gasteiger partial charge in [-0.1, -0.05) is 50.2 Å². The molecule has 0 spiro atoms. The van der Waals surface area contributed by atoms with Gasteiger partial charge in [0.25, 0.3) is 5.56 Å². The maximum Gasteiger partial charge on any atom is 0.459 e. The van der Waals surface area contributed by atoms with E-state index in [0.29, 0.717) is 11.5 Å². The average molecular weight is 729 g/mol. The van der Waals surface area contributed by atoms with E-state index >= 15 is 0 Å². The Bertz CT molecular complexity index is 2190. The van der Waals surface area contributed by atoms with Gasteiger partial charge in [0.15, 0.2) is 17.4 Å². The third kappa shape index (κ3) is 7.35. The van der Waals surface area contributed by atoms with Gasteiger partial charge in [0.1, 0.15) is 47.8 Å². The first-order valence-corrected chi connectivity index (χ1v) is 17.3. The molecule has 270 valence electrons. The quantitative estimate of drug-likeness (QED) is 0.0917. The molecular weight excluding hydrogens is 693 g/mol. The number of carbonyl (C=O) groups excluding carboxylic acids is 1. The second-order valence-corrected chi connectivity index (χ2v) is 14.2. The van der Waals surface area contributed by atoms with Gasteiger partial charge in [0.2, 0.25) is 5.95 Å². The van der Waals surface area contributed by atoms with Gasteiger partial charge >= 0.3 is 13.7 Å². The molecule has 18 heteroatoms. The van der Waals surface area contributed by atoms with Crippen molar-refractivity contribution in [1.29, 1.82) is 0 Å². The molecule has 6 atom stereocenters. The zero-order valence-corrected chi connectivity index (χ0v) is 28.4. The number of nitrogens with one attached hydrogen (secondary N) is 2. The minimum absolute atomic E-state index is 0.0271. The molecule has 3 heterocycles. The summed E-state index contributed by atoms with van der Waals surface area (Å²) in [5, 5.41) is 26.5. The van der Waals surface area contributed by atoms with E-state index < -0.39 is 80.1 Å². The summed E-state index contributed by atoms with van der Waals surface area (Å²) in [7, 11) is -4.61. The van der Waals surface area contributed by atoms with Crippen LogP contribution < -0.4 is 20.9 Å². The van der Waals surface area contributed by atoms with Gasteiger partial charge < -0.3 is 29.9 Å². The highest BCUT2D eigenvalue weighted by Crippen LogP contribution is 2.49. The zero-order valence-electron chi connectivity index (χ0n) is 27.5. The van der Waals surface area contributed by atoms with E-state index in [2.05, 4.69) is 20.0 Å². The minimum Gasteiger partial charge on any atom is -0.460 e. The number of fused-ring (bicyclic) bond motifs is 2. The van der Waals surface area contributed by atoms with Gasteiger partial charge in [0.05, 0.1) is 12.9 Å². The fourth-order valence-corrected chi connectivity index (χ4v) is 7.37. The van der Waals surface area contributed by atoms with Crippen molar-refractivity contribution >= 4 is 41.6 Å². The maximum absolute atomic E-state index is 14.7. The van der Waals surface area contributed by atoms with E-state index in [-0.39, 0.29) is 28.4 Å². The summed E-state index contributed by atoms with van der Waals surface area (Å²) in [5.74, 6) is -3.32. The molecule has 2 aromatic heterocycles. The standard InChI is InChI=1S/C33H35F2N6O9P/c1-17(2)25(30(44)47-14-19-11-12-20(34)13-22(19)35)40-51(46,50-23-10-6-8-18-7-4-5-9-21(18)23)48-15-24-27(42)33(3,45)31(49-24)41-16-37-26-28(41)38-32(36)39-29(26)43/h4-13,16-17,24-25,27,31,42,45H,14-15H2,1-3H3,(H,40,46)(H3,36,38,39,43)/t24-,25+,27-,31?,33-,51?/m1/s1. The van der Waals surface area contributed by atoms with Crippen molar-refractivity contribution in [3.8, 4) is 5.75 Å². The van der Waals surface area contributed by atoms with Gasteiger partial charge in [-0.05, 0) is 36.4 Å². The normalized spacial score (nSPS) is 22.3. The van der Waals surface area contributed by atoms with E-state index in [0.717, 1.165) is 17.5 Å². The number of rotatable bonds is 12. The summed E-state index contributed by atoms with van der Waals surface area (Å²) in [6.07, 6.45) is -3.18. The summed E-state index contributed by atoms with van der Waals surface area (Å²) in [5.41, 5.74) is 2.86. The monoisotopic (exact) mass is 728 g/mol. The number of aliphatic hydroxyl groups is 2. The molecule has 1 aliphatic rings. The van der Waals surface area contributed by atoms with Crippen molar-refractivity contribution in [2.75, 3.05) is 12.3 Å². The molecule has 0 amide bonds. The number of nitrogens with zero attached hydrogens (tertiary/aromatic N) is 3. The van der Waals surface area contributed by atoms with Gasteiger partial charge in [-0.2, -0.15) is 10.1 Å². The van der Waals surface area contributed by atoms with E-state index in [4.69, 9.17) is 24.3 Å². The van der Waals surface area contributed by atoms with Gasteiger partial charge in [-0.25, -0.2) is 18.3 Å². The Labute approximate surface area is 288 Å². The summed E-state index contributed by atoms with van der Waals surface area (Å²) in [6.45, 7) is 3.36. The third-order valence-corrected chi connectivity index (χ3v) is 9.96. The van der Waals surface area contributed by atoms with Crippen LogP contribution in [0, 0.1) is 17.6 Å². The van der Waals surface area contributed by atoms with Crippen LogP contribution in [-0.4, -0.2) is 66.2 Å². The number of carbonyl (C=O) groups is 1. The predicted molar refractivity (Wildman–Crippen MR) is 179 cm³/mol. The number of H-pyrrole nitrogens is 1. The largest absolute Gasteiger partial charge is 0.460 e. The second-order valence-electron chi connectivity index (χ2n) is 12.5. The van der Waals surface area contributed by atoms with Crippen LogP contribution in [0.3, 0.4) is 0 Å². The Kier molecular flexibility index (Phi) is 9.96. The van der Waals surface area contributed by atoms with Crippen molar-refractivity contribution in [2.45, 2.75) is 57.5 Å². The Hall–Kier alpha value is -4.77. The number of hydrogen-bond donors (Lipinski definition) is 5. The molecule has 0 bridgehead atoms. The number of nitrogens with two attached hydrogens (primary N) is 1. The summed E-state index contributed by atoms with van der Waals surface area (Å²) in [6, 6.07) is 13.6. The van der Waals surface area contributed by atoms with Crippen molar-refractivity contribution in [1.82, 2.24) is 24.6 Å². The molecule has 6 N–H and O–H groups in total. The van der Waals surface area contributed by atoms with Crippen molar-refractivity contribution in [2.24, 2.45) is 5.92 Å². The molecule has 6 rings (SSSR count).